The van der Waals surface area contributed by atoms with Gasteiger partial charge >= 0.3 is 12.0 Å². The van der Waals surface area contributed by atoms with Crippen molar-refractivity contribution < 1.29 is 14.7 Å². The van der Waals surface area contributed by atoms with E-state index in [1.54, 1.807) is 16.7 Å². The highest BCUT2D eigenvalue weighted by molar-refractivity contribution is 7.99. The Balaban J connectivity index is 2.05. The lowest BCUT2D eigenvalue weighted by molar-refractivity contribution is -0.141. The second kappa shape index (κ2) is 5.44. The first-order valence-corrected chi connectivity index (χ1v) is 6.86. The smallest absolute Gasteiger partial charge is 0.327 e. The van der Waals surface area contributed by atoms with Crippen LogP contribution < -0.4 is 0 Å². The highest BCUT2D eigenvalue weighted by Gasteiger charge is 2.34. The molecule has 0 aromatic rings. The molecule has 0 radical (unpaired) electrons. The molecule has 1 fully saturated rings. The summed E-state index contributed by atoms with van der Waals surface area (Å²) in [5, 5.41) is 9.12. The molecule has 0 spiro atoms. The van der Waals surface area contributed by atoms with Crippen molar-refractivity contribution in [2.24, 2.45) is 0 Å². The van der Waals surface area contributed by atoms with Crippen LogP contribution in [-0.2, 0) is 4.79 Å². The lowest BCUT2D eigenvalue weighted by Gasteiger charge is -2.37. The number of aliphatic carboxylic acids is 1. The van der Waals surface area contributed by atoms with E-state index in [0.717, 1.165) is 12.2 Å². The number of thioether (sulfide) groups is 1. The third-order valence-electron chi connectivity index (χ3n) is 2.99. The van der Waals surface area contributed by atoms with Crippen LogP contribution in [0.15, 0.2) is 12.2 Å². The molecule has 5 nitrogen and oxygen atoms in total. The number of hydrogen-bond donors (Lipinski definition) is 1. The van der Waals surface area contributed by atoms with Crippen LogP contribution in [0.25, 0.3) is 0 Å². The van der Waals surface area contributed by atoms with Gasteiger partial charge in [-0.3, -0.25) is 0 Å². The number of rotatable bonds is 1. The molecule has 0 aromatic heterocycles. The summed E-state index contributed by atoms with van der Waals surface area (Å²) >= 11 is 1.59. The molecular formula is C11H16N2O3S. The topological polar surface area (TPSA) is 60.9 Å². The molecule has 2 aliphatic rings. The van der Waals surface area contributed by atoms with Crippen LogP contribution in [0.3, 0.4) is 0 Å². The minimum atomic E-state index is -0.905. The average Bonchev–Trinajstić information content (AvgIpc) is 2.39. The van der Waals surface area contributed by atoms with E-state index >= 15 is 0 Å². The van der Waals surface area contributed by atoms with Crippen LogP contribution in [0, 0.1) is 0 Å². The van der Waals surface area contributed by atoms with Crippen molar-refractivity contribution in [3.05, 3.63) is 12.2 Å². The maximum absolute atomic E-state index is 12.2. The number of carboxylic acid groups (broad SMARTS) is 1. The van der Waals surface area contributed by atoms with Gasteiger partial charge in [-0.2, -0.15) is 11.8 Å². The van der Waals surface area contributed by atoms with E-state index in [4.69, 9.17) is 5.11 Å². The summed E-state index contributed by atoms with van der Waals surface area (Å²) < 4.78 is 0. The Labute approximate surface area is 104 Å². The number of carbonyl (C=O) groups is 2. The van der Waals surface area contributed by atoms with Crippen molar-refractivity contribution in [1.29, 1.82) is 0 Å². The number of carbonyl (C=O) groups excluding carboxylic acids is 1. The number of urea groups is 1. The van der Waals surface area contributed by atoms with E-state index in [-0.39, 0.29) is 6.03 Å². The Morgan fingerprint density at radius 2 is 2.12 bits per heavy atom. The quantitative estimate of drug-likeness (QED) is 0.707. The molecule has 1 unspecified atom stereocenters. The summed E-state index contributed by atoms with van der Waals surface area (Å²) in [5.41, 5.74) is 0. The maximum Gasteiger partial charge on any atom is 0.327 e. The Hall–Kier alpha value is -1.17. The van der Waals surface area contributed by atoms with Crippen molar-refractivity contribution in [2.75, 3.05) is 31.1 Å². The van der Waals surface area contributed by atoms with E-state index in [0.29, 0.717) is 25.4 Å². The third kappa shape index (κ3) is 2.74. The molecular weight excluding hydrogens is 240 g/mol. The van der Waals surface area contributed by atoms with Gasteiger partial charge in [-0.25, -0.2) is 9.59 Å². The standard InChI is InChI=1S/C11H16N2O3S/c14-10(15)9-8-17-7-6-13(9)11(16)12-4-2-1-3-5-12/h1-2,9H,3-8H2,(H,14,15). The predicted molar refractivity (Wildman–Crippen MR) is 66.2 cm³/mol. The number of amides is 2. The number of hydrogen-bond acceptors (Lipinski definition) is 3. The van der Waals surface area contributed by atoms with Crippen LogP contribution in [0.2, 0.25) is 0 Å². The summed E-state index contributed by atoms with van der Waals surface area (Å²) in [7, 11) is 0. The molecule has 17 heavy (non-hydrogen) atoms. The zero-order valence-corrected chi connectivity index (χ0v) is 10.4. The highest BCUT2D eigenvalue weighted by atomic mass is 32.2. The van der Waals surface area contributed by atoms with Gasteiger partial charge in [0.2, 0.25) is 0 Å². The lowest BCUT2D eigenvalue weighted by Crippen LogP contribution is -2.55. The Bertz CT molecular complexity index is 346. The van der Waals surface area contributed by atoms with E-state index in [1.165, 1.54) is 4.90 Å². The van der Waals surface area contributed by atoms with Crippen molar-refractivity contribution in [3.63, 3.8) is 0 Å². The zero-order valence-electron chi connectivity index (χ0n) is 9.54. The molecule has 6 heteroatoms. The zero-order chi connectivity index (χ0) is 12.3. The van der Waals surface area contributed by atoms with E-state index in [2.05, 4.69) is 0 Å². The lowest BCUT2D eigenvalue weighted by atomic mass is 10.2. The molecule has 0 bridgehead atoms. The van der Waals surface area contributed by atoms with E-state index in [1.807, 2.05) is 12.2 Å². The van der Waals surface area contributed by atoms with Crippen LogP contribution in [0.1, 0.15) is 6.42 Å². The molecule has 1 N–H and O–H groups in total. The van der Waals surface area contributed by atoms with Crippen molar-refractivity contribution in [3.8, 4) is 0 Å². The second-order valence-electron chi connectivity index (χ2n) is 4.11. The molecule has 1 atom stereocenters. The molecule has 0 aliphatic carbocycles. The third-order valence-corrected chi connectivity index (χ3v) is 4.01. The second-order valence-corrected chi connectivity index (χ2v) is 5.26. The molecule has 2 heterocycles. The SMILES string of the molecule is O=C(O)C1CSCCN1C(=O)N1CC=CCC1. The summed E-state index contributed by atoms with van der Waals surface area (Å²) in [5.74, 6) is 0.405. The fourth-order valence-corrected chi connectivity index (χ4v) is 3.07. The van der Waals surface area contributed by atoms with Gasteiger partial charge in [-0.1, -0.05) is 12.2 Å². The van der Waals surface area contributed by atoms with Gasteiger partial charge in [0.05, 0.1) is 0 Å². The average molecular weight is 256 g/mol. The molecule has 0 aromatic carbocycles. The van der Waals surface area contributed by atoms with Gasteiger partial charge in [0.25, 0.3) is 0 Å². The highest BCUT2D eigenvalue weighted by Crippen LogP contribution is 2.19. The molecule has 94 valence electrons. The maximum atomic E-state index is 12.2. The Morgan fingerprint density at radius 1 is 1.29 bits per heavy atom. The molecule has 2 amide bonds. The minimum Gasteiger partial charge on any atom is -0.480 e. The van der Waals surface area contributed by atoms with Crippen molar-refractivity contribution in [2.45, 2.75) is 12.5 Å². The first-order valence-electron chi connectivity index (χ1n) is 5.71. The van der Waals surface area contributed by atoms with Crippen LogP contribution in [0.5, 0.6) is 0 Å². The predicted octanol–water partition coefficient (Wildman–Crippen LogP) is 0.870. The Kier molecular flexibility index (Phi) is 3.93. The Morgan fingerprint density at radius 3 is 2.76 bits per heavy atom. The fourth-order valence-electron chi connectivity index (χ4n) is 2.03. The molecule has 2 rings (SSSR count). The summed E-state index contributed by atoms with van der Waals surface area (Å²) in [6, 6.07) is -0.811. The van der Waals surface area contributed by atoms with Gasteiger partial charge < -0.3 is 14.9 Å². The van der Waals surface area contributed by atoms with Gasteiger partial charge in [-0.15, -0.1) is 0 Å². The van der Waals surface area contributed by atoms with Crippen molar-refractivity contribution >= 4 is 23.8 Å². The van der Waals surface area contributed by atoms with Gasteiger partial charge in [0.15, 0.2) is 0 Å². The van der Waals surface area contributed by atoms with Crippen molar-refractivity contribution in [1.82, 2.24) is 9.80 Å². The monoisotopic (exact) mass is 256 g/mol. The van der Waals surface area contributed by atoms with E-state index in [9.17, 15) is 9.59 Å². The van der Waals surface area contributed by atoms with E-state index < -0.39 is 12.0 Å². The van der Waals surface area contributed by atoms with Crippen LogP contribution in [-0.4, -0.2) is 64.1 Å². The van der Waals surface area contributed by atoms with Crippen LogP contribution >= 0.6 is 11.8 Å². The first kappa shape index (κ1) is 12.3. The fraction of sp³-hybridized carbons (Fsp3) is 0.636. The molecule has 0 saturated carbocycles. The van der Waals surface area contributed by atoms with Gasteiger partial charge in [0.1, 0.15) is 6.04 Å². The molecule has 1 saturated heterocycles. The number of carboxylic acids is 1. The summed E-state index contributed by atoms with van der Waals surface area (Å²) in [4.78, 5) is 26.5. The normalized spacial score (nSPS) is 24.8. The van der Waals surface area contributed by atoms with Gasteiger partial charge in [-0.05, 0) is 6.42 Å². The number of nitrogens with zero attached hydrogens (tertiary/aromatic N) is 2. The largest absolute Gasteiger partial charge is 0.480 e. The van der Waals surface area contributed by atoms with Crippen LogP contribution in [0.4, 0.5) is 4.79 Å². The van der Waals surface area contributed by atoms with Gasteiger partial charge in [0, 0.05) is 31.1 Å². The molecule has 2 aliphatic heterocycles. The first-order chi connectivity index (χ1) is 8.20. The summed E-state index contributed by atoms with van der Waals surface area (Å²) in [6.07, 6.45) is 4.85. The minimum absolute atomic E-state index is 0.137. The summed E-state index contributed by atoms with van der Waals surface area (Å²) in [6.45, 7) is 1.81.